The maximum Gasteiger partial charge on any atom is 0.255 e. The lowest BCUT2D eigenvalue weighted by molar-refractivity contribution is -0.132. The fourth-order valence-electron chi connectivity index (χ4n) is 4.01. The predicted octanol–water partition coefficient (Wildman–Crippen LogP) is 4.38. The van der Waals surface area contributed by atoms with E-state index in [1.54, 1.807) is 23.1 Å². The summed E-state index contributed by atoms with van der Waals surface area (Å²) in [6, 6.07) is 5.06. The molecule has 0 radical (unpaired) electrons. The zero-order chi connectivity index (χ0) is 22.7. The van der Waals surface area contributed by atoms with Gasteiger partial charge in [0.15, 0.2) is 0 Å². The Morgan fingerprint density at radius 2 is 1.71 bits per heavy atom. The SMILES string of the molecule is Cc1nn(CC(C)C)c(C)c1CCC(=O)N1CCN(C(=O)c2cccc(Cl)c2Cl)CC1. The van der Waals surface area contributed by atoms with Crippen molar-refractivity contribution in [2.45, 2.75) is 47.1 Å². The summed E-state index contributed by atoms with van der Waals surface area (Å²) >= 11 is 12.2. The number of carbonyl (C=O) groups excluding carboxylic acids is 2. The fourth-order valence-corrected chi connectivity index (χ4v) is 4.39. The molecule has 0 unspecified atom stereocenters. The summed E-state index contributed by atoms with van der Waals surface area (Å²) in [5.41, 5.74) is 3.71. The second-order valence-corrected chi connectivity index (χ2v) is 9.28. The van der Waals surface area contributed by atoms with Crippen molar-refractivity contribution < 1.29 is 9.59 Å². The van der Waals surface area contributed by atoms with Gasteiger partial charge in [-0.2, -0.15) is 5.10 Å². The minimum atomic E-state index is -0.150. The maximum atomic E-state index is 12.8. The number of aryl methyl sites for hydroxylation is 1. The third-order valence-corrected chi connectivity index (χ3v) is 6.58. The van der Waals surface area contributed by atoms with Crippen molar-refractivity contribution in [1.29, 1.82) is 0 Å². The molecule has 168 valence electrons. The molecule has 0 saturated carbocycles. The highest BCUT2D eigenvalue weighted by molar-refractivity contribution is 6.43. The molecule has 1 aromatic heterocycles. The van der Waals surface area contributed by atoms with Crippen LogP contribution in [0.5, 0.6) is 0 Å². The monoisotopic (exact) mass is 464 g/mol. The molecule has 2 aromatic rings. The highest BCUT2D eigenvalue weighted by atomic mass is 35.5. The van der Waals surface area contributed by atoms with Crippen LogP contribution in [-0.2, 0) is 17.8 Å². The normalized spacial score (nSPS) is 14.4. The average molecular weight is 465 g/mol. The van der Waals surface area contributed by atoms with E-state index < -0.39 is 0 Å². The molecule has 0 N–H and O–H groups in total. The van der Waals surface area contributed by atoms with Crippen molar-refractivity contribution in [2.24, 2.45) is 5.92 Å². The predicted molar refractivity (Wildman–Crippen MR) is 124 cm³/mol. The van der Waals surface area contributed by atoms with E-state index in [9.17, 15) is 9.59 Å². The molecule has 2 heterocycles. The molecule has 2 amide bonds. The highest BCUT2D eigenvalue weighted by Gasteiger charge is 2.26. The van der Waals surface area contributed by atoms with Crippen molar-refractivity contribution in [1.82, 2.24) is 19.6 Å². The average Bonchev–Trinajstić information content (AvgIpc) is 3.00. The van der Waals surface area contributed by atoms with Crippen LogP contribution in [0.2, 0.25) is 10.0 Å². The van der Waals surface area contributed by atoms with Crippen LogP contribution >= 0.6 is 23.2 Å². The third kappa shape index (κ3) is 5.42. The minimum absolute atomic E-state index is 0.114. The van der Waals surface area contributed by atoms with Gasteiger partial charge in [0.25, 0.3) is 5.91 Å². The number of nitrogens with zero attached hydrogens (tertiary/aromatic N) is 4. The number of hydrogen-bond acceptors (Lipinski definition) is 3. The van der Waals surface area contributed by atoms with Crippen molar-refractivity contribution in [3.63, 3.8) is 0 Å². The first-order chi connectivity index (χ1) is 14.7. The van der Waals surface area contributed by atoms with Gasteiger partial charge in [-0.3, -0.25) is 14.3 Å². The Balaban J connectivity index is 1.55. The van der Waals surface area contributed by atoms with E-state index in [0.717, 1.165) is 17.9 Å². The van der Waals surface area contributed by atoms with Crippen LogP contribution in [0, 0.1) is 19.8 Å². The van der Waals surface area contributed by atoms with Crippen molar-refractivity contribution in [2.75, 3.05) is 26.2 Å². The molecule has 0 atom stereocenters. The summed E-state index contributed by atoms with van der Waals surface area (Å²) in [5, 5.41) is 5.28. The summed E-state index contributed by atoms with van der Waals surface area (Å²) in [6.07, 6.45) is 1.13. The quantitative estimate of drug-likeness (QED) is 0.636. The molecule has 0 bridgehead atoms. The lowest BCUT2D eigenvalue weighted by atomic mass is 10.1. The zero-order valence-electron chi connectivity index (χ0n) is 18.6. The van der Waals surface area contributed by atoms with Gasteiger partial charge in [0.05, 0.1) is 21.3 Å². The first-order valence-electron chi connectivity index (χ1n) is 10.7. The van der Waals surface area contributed by atoms with Crippen LogP contribution in [0.1, 0.15) is 47.6 Å². The van der Waals surface area contributed by atoms with Crippen LogP contribution in [-0.4, -0.2) is 57.6 Å². The van der Waals surface area contributed by atoms with E-state index in [4.69, 9.17) is 23.2 Å². The molecule has 8 heteroatoms. The molecule has 3 rings (SSSR count). The summed E-state index contributed by atoms with van der Waals surface area (Å²) in [4.78, 5) is 29.1. The van der Waals surface area contributed by atoms with E-state index in [1.807, 2.05) is 16.5 Å². The molecule has 1 aliphatic heterocycles. The van der Waals surface area contributed by atoms with Gasteiger partial charge in [-0.1, -0.05) is 43.1 Å². The number of hydrogen-bond donors (Lipinski definition) is 0. The summed E-state index contributed by atoms with van der Waals surface area (Å²) in [5.74, 6) is 0.486. The van der Waals surface area contributed by atoms with E-state index in [-0.39, 0.29) is 16.8 Å². The van der Waals surface area contributed by atoms with Crippen molar-refractivity contribution in [3.05, 3.63) is 50.8 Å². The Hall–Kier alpha value is -2.05. The minimum Gasteiger partial charge on any atom is -0.339 e. The van der Waals surface area contributed by atoms with E-state index >= 15 is 0 Å². The molecular formula is C23H30Cl2N4O2. The first kappa shape index (κ1) is 23.6. The van der Waals surface area contributed by atoms with Crippen LogP contribution < -0.4 is 0 Å². The number of halogens is 2. The molecule has 31 heavy (non-hydrogen) atoms. The molecule has 1 aliphatic rings. The second-order valence-electron chi connectivity index (χ2n) is 8.50. The molecule has 6 nitrogen and oxygen atoms in total. The highest BCUT2D eigenvalue weighted by Crippen LogP contribution is 2.27. The van der Waals surface area contributed by atoms with Crippen LogP contribution in [0.3, 0.4) is 0 Å². The van der Waals surface area contributed by atoms with Gasteiger partial charge in [-0.25, -0.2) is 0 Å². The Labute approximate surface area is 194 Å². The Morgan fingerprint density at radius 1 is 1.06 bits per heavy atom. The number of amides is 2. The molecule has 0 spiro atoms. The number of piperazine rings is 1. The largest absolute Gasteiger partial charge is 0.339 e. The Kier molecular flexibility index (Phi) is 7.65. The third-order valence-electron chi connectivity index (χ3n) is 5.76. The molecule has 1 saturated heterocycles. The molecule has 1 aromatic carbocycles. The first-order valence-corrected chi connectivity index (χ1v) is 11.5. The van der Waals surface area contributed by atoms with Crippen LogP contribution in [0.4, 0.5) is 0 Å². The Morgan fingerprint density at radius 3 is 2.35 bits per heavy atom. The smallest absolute Gasteiger partial charge is 0.255 e. The summed E-state index contributed by atoms with van der Waals surface area (Å²) in [7, 11) is 0. The van der Waals surface area contributed by atoms with Gasteiger partial charge in [0, 0.05) is 44.8 Å². The molecule has 1 fully saturated rings. The van der Waals surface area contributed by atoms with Gasteiger partial charge >= 0.3 is 0 Å². The molecule has 0 aliphatic carbocycles. The van der Waals surface area contributed by atoms with Gasteiger partial charge in [0.2, 0.25) is 5.91 Å². The lowest BCUT2D eigenvalue weighted by Crippen LogP contribution is -2.50. The van der Waals surface area contributed by atoms with Crippen LogP contribution in [0.15, 0.2) is 18.2 Å². The van der Waals surface area contributed by atoms with Crippen molar-refractivity contribution >= 4 is 35.0 Å². The van der Waals surface area contributed by atoms with E-state index in [2.05, 4.69) is 25.9 Å². The van der Waals surface area contributed by atoms with Gasteiger partial charge < -0.3 is 9.80 Å². The number of benzene rings is 1. The lowest BCUT2D eigenvalue weighted by Gasteiger charge is -2.35. The second kappa shape index (κ2) is 10.0. The number of rotatable bonds is 6. The molecular weight excluding hydrogens is 435 g/mol. The van der Waals surface area contributed by atoms with Gasteiger partial charge in [0.1, 0.15) is 0 Å². The number of aromatic nitrogens is 2. The van der Waals surface area contributed by atoms with E-state index in [1.165, 1.54) is 5.56 Å². The topological polar surface area (TPSA) is 58.4 Å². The summed E-state index contributed by atoms with van der Waals surface area (Å²) in [6.45, 7) is 11.3. The number of carbonyl (C=O) groups is 2. The standard InChI is InChI=1S/C23H30Cl2N4O2/c1-15(2)14-29-17(4)18(16(3)26-29)8-9-21(30)27-10-12-28(13-11-27)23(31)19-6-5-7-20(24)22(19)25/h5-7,15H,8-14H2,1-4H3. The van der Waals surface area contributed by atoms with Gasteiger partial charge in [-0.15, -0.1) is 0 Å². The Bertz CT molecular complexity index is 963. The zero-order valence-corrected chi connectivity index (χ0v) is 20.1. The van der Waals surface area contributed by atoms with E-state index in [0.29, 0.717) is 55.5 Å². The van der Waals surface area contributed by atoms with Crippen molar-refractivity contribution in [3.8, 4) is 0 Å². The van der Waals surface area contributed by atoms with Crippen LogP contribution in [0.25, 0.3) is 0 Å². The maximum absolute atomic E-state index is 12.8. The van der Waals surface area contributed by atoms with Gasteiger partial charge in [-0.05, 0) is 43.9 Å². The fraction of sp³-hybridized carbons (Fsp3) is 0.522. The summed E-state index contributed by atoms with van der Waals surface area (Å²) < 4.78 is 2.05.